The van der Waals surface area contributed by atoms with Gasteiger partial charge in [0.15, 0.2) is 0 Å². The van der Waals surface area contributed by atoms with Crippen molar-refractivity contribution >= 4 is 11.9 Å². The Balaban J connectivity index is 1.69. The summed E-state index contributed by atoms with van der Waals surface area (Å²) in [5.74, 6) is -0.629. The quantitative estimate of drug-likeness (QED) is 0.174. The number of carbonyl (C=O) groups excluding carboxylic acids is 2. The number of unbranched alkanes of at least 4 members (excludes halogenated alkanes) is 10. The highest BCUT2D eigenvalue weighted by atomic mass is 16.5. The highest BCUT2D eigenvalue weighted by Gasteiger charge is 2.10. The van der Waals surface area contributed by atoms with E-state index in [4.69, 9.17) is 19.7 Å². The molecule has 0 atom stereocenters. The molecule has 0 aliphatic heterocycles. The van der Waals surface area contributed by atoms with E-state index in [0.29, 0.717) is 24.3 Å². The van der Waals surface area contributed by atoms with Gasteiger partial charge >= 0.3 is 11.9 Å². The highest BCUT2D eigenvalue weighted by molar-refractivity contribution is 5.91. The van der Waals surface area contributed by atoms with Gasteiger partial charge in [-0.15, -0.1) is 0 Å². The number of benzene rings is 2. The van der Waals surface area contributed by atoms with Crippen molar-refractivity contribution < 1.29 is 29.3 Å². The third-order valence-corrected chi connectivity index (χ3v) is 6.15. The lowest BCUT2D eigenvalue weighted by molar-refractivity contribution is 0.0488. The molecule has 0 unspecified atom stereocenters. The van der Waals surface area contributed by atoms with Gasteiger partial charge in [-0.3, -0.25) is 0 Å². The minimum Gasteiger partial charge on any atom is -0.462 e. The third-order valence-electron chi connectivity index (χ3n) is 6.15. The fourth-order valence-electron chi connectivity index (χ4n) is 3.94. The zero-order valence-corrected chi connectivity index (χ0v) is 21.5. The van der Waals surface area contributed by atoms with Crippen LogP contribution in [0, 0.1) is 0 Å². The van der Waals surface area contributed by atoms with E-state index in [1.807, 2.05) is 24.3 Å². The van der Waals surface area contributed by atoms with E-state index < -0.39 is 0 Å². The SMILES string of the molecule is O=C(OCCCCCCCCO)c1ccc(-c2ccc(C(=O)OCCCCCCCCO)cc2)cc1. The molecule has 0 saturated heterocycles. The van der Waals surface area contributed by atoms with Gasteiger partial charge in [0, 0.05) is 13.2 Å². The van der Waals surface area contributed by atoms with E-state index in [2.05, 4.69) is 0 Å². The van der Waals surface area contributed by atoms with Crippen molar-refractivity contribution in [3.63, 3.8) is 0 Å². The van der Waals surface area contributed by atoms with Gasteiger partial charge in [-0.05, 0) is 61.1 Å². The topological polar surface area (TPSA) is 93.1 Å². The molecule has 0 spiro atoms. The van der Waals surface area contributed by atoms with Gasteiger partial charge in [0.05, 0.1) is 24.3 Å². The van der Waals surface area contributed by atoms with E-state index in [1.54, 1.807) is 24.3 Å². The minimum absolute atomic E-state index is 0.255. The molecular weight excluding hydrogens is 456 g/mol. The summed E-state index contributed by atoms with van der Waals surface area (Å²) < 4.78 is 10.7. The number of hydrogen-bond donors (Lipinski definition) is 2. The molecule has 6 heteroatoms. The van der Waals surface area contributed by atoms with Gasteiger partial charge in [0.2, 0.25) is 0 Å². The second-order valence-corrected chi connectivity index (χ2v) is 9.12. The lowest BCUT2D eigenvalue weighted by atomic mass is 10.0. The average Bonchev–Trinajstić information content (AvgIpc) is 2.91. The van der Waals surface area contributed by atoms with E-state index in [-0.39, 0.29) is 25.2 Å². The van der Waals surface area contributed by atoms with Gasteiger partial charge in [-0.25, -0.2) is 9.59 Å². The monoisotopic (exact) mass is 498 g/mol. The summed E-state index contributed by atoms with van der Waals surface area (Å²) in [4.78, 5) is 24.5. The van der Waals surface area contributed by atoms with Crippen LogP contribution in [-0.4, -0.2) is 48.6 Å². The molecule has 0 aliphatic rings. The van der Waals surface area contributed by atoms with Crippen LogP contribution >= 0.6 is 0 Å². The van der Waals surface area contributed by atoms with Crippen LogP contribution in [0.3, 0.4) is 0 Å². The molecule has 36 heavy (non-hydrogen) atoms. The molecule has 0 aliphatic carbocycles. The summed E-state index contributed by atoms with van der Waals surface area (Å²) in [6.45, 7) is 1.35. The Morgan fingerprint density at radius 1 is 0.472 bits per heavy atom. The lowest BCUT2D eigenvalue weighted by Gasteiger charge is -2.08. The van der Waals surface area contributed by atoms with Gasteiger partial charge in [0.1, 0.15) is 0 Å². The molecule has 198 valence electrons. The van der Waals surface area contributed by atoms with Crippen molar-refractivity contribution in [2.24, 2.45) is 0 Å². The molecule has 2 N–H and O–H groups in total. The lowest BCUT2D eigenvalue weighted by Crippen LogP contribution is -2.06. The maximum Gasteiger partial charge on any atom is 0.338 e. The predicted molar refractivity (Wildman–Crippen MR) is 142 cm³/mol. The minimum atomic E-state index is -0.315. The normalized spacial score (nSPS) is 10.8. The molecule has 0 saturated carbocycles. The smallest absolute Gasteiger partial charge is 0.338 e. The summed E-state index contributed by atoms with van der Waals surface area (Å²) >= 11 is 0. The Morgan fingerprint density at radius 3 is 1.11 bits per heavy atom. The van der Waals surface area contributed by atoms with Gasteiger partial charge < -0.3 is 19.7 Å². The molecular formula is C30H42O6. The van der Waals surface area contributed by atoms with Crippen molar-refractivity contribution in [1.29, 1.82) is 0 Å². The highest BCUT2D eigenvalue weighted by Crippen LogP contribution is 2.21. The maximum absolute atomic E-state index is 12.3. The van der Waals surface area contributed by atoms with Crippen LogP contribution in [0.4, 0.5) is 0 Å². The number of esters is 2. The van der Waals surface area contributed by atoms with Crippen LogP contribution in [0.15, 0.2) is 48.5 Å². The van der Waals surface area contributed by atoms with Crippen molar-refractivity contribution in [1.82, 2.24) is 0 Å². The Hall–Kier alpha value is -2.70. The Bertz CT molecular complexity index is 787. The van der Waals surface area contributed by atoms with Crippen molar-refractivity contribution in [3.05, 3.63) is 59.7 Å². The number of ether oxygens (including phenoxy) is 2. The van der Waals surface area contributed by atoms with E-state index in [0.717, 1.165) is 88.2 Å². The van der Waals surface area contributed by atoms with Crippen LogP contribution < -0.4 is 0 Å². The number of aliphatic hydroxyl groups is 2. The summed E-state index contributed by atoms with van der Waals surface area (Å²) in [5.41, 5.74) is 2.96. The fraction of sp³-hybridized carbons (Fsp3) is 0.533. The Kier molecular flexibility index (Phi) is 15.2. The van der Waals surface area contributed by atoms with Crippen molar-refractivity contribution in [3.8, 4) is 11.1 Å². The first-order valence-electron chi connectivity index (χ1n) is 13.4. The number of aliphatic hydroxyl groups excluding tert-OH is 2. The second-order valence-electron chi connectivity index (χ2n) is 9.12. The molecule has 0 bridgehead atoms. The number of hydrogen-bond acceptors (Lipinski definition) is 6. The van der Waals surface area contributed by atoms with Gasteiger partial charge in [-0.1, -0.05) is 75.6 Å². The van der Waals surface area contributed by atoms with Crippen molar-refractivity contribution in [2.75, 3.05) is 26.4 Å². The second kappa shape index (κ2) is 18.6. The third kappa shape index (κ3) is 11.8. The summed E-state index contributed by atoms with van der Waals surface area (Å²) in [7, 11) is 0. The van der Waals surface area contributed by atoms with E-state index in [9.17, 15) is 9.59 Å². The molecule has 2 aromatic carbocycles. The molecule has 0 aromatic heterocycles. The first-order valence-corrected chi connectivity index (χ1v) is 13.4. The largest absolute Gasteiger partial charge is 0.462 e. The molecule has 0 amide bonds. The predicted octanol–water partition coefficient (Wildman–Crippen LogP) is 6.33. The number of carbonyl (C=O) groups is 2. The first kappa shape index (κ1) is 29.5. The molecule has 0 radical (unpaired) electrons. The first-order chi connectivity index (χ1) is 17.7. The fourth-order valence-corrected chi connectivity index (χ4v) is 3.94. The van der Waals surface area contributed by atoms with E-state index in [1.165, 1.54) is 0 Å². The van der Waals surface area contributed by atoms with Crippen molar-refractivity contribution in [2.45, 2.75) is 77.0 Å². The number of rotatable bonds is 19. The average molecular weight is 499 g/mol. The zero-order chi connectivity index (χ0) is 25.8. The van der Waals surface area contributed by atoms with Crippen LogP contribution in [0.1, 0.15) is 97.8 Å². The summed E-state index contributed by atoms with van der Waals surface area (Å²) in [5, 5.41) is 17.5. The molecule has 2 aromatic rings. The Morgan fingerprint density at radius 2 is 0.778 bits per heavy atom. The Labute approximate surface area is 215 Å². The molecule has 2 rings (SSSR count). The summed E-state index contributed by atoms with van der Waals surface area (Å²) in [6.07, 6.45) is 11.9. The molecule has 0 heterocycles. The van der Waals surface area contributed by atoms with Crippen LogP contribution in [-0.2, 0) is 9.47 Å². The van der Waals surface area contributed by atoms with Gasteiger partial charge in [-0.2, -0.15) is 0 Å². The van der Waals surface area contributed by atoms with E-state index >= 15 is 0 Å². The zero-order valence-electron chi connectivity index (χ0n) is 21.5. The molecule has 6 nitrogen and oxygen atoms in total. The van der Waals surface area contributed by atoms with Crippen LogP contribution in [0.5, 0.6) is 0 Å². The standard InChI is InChI=1S/C30H42O6/c31-21-9-5-1-3-7-11-23-35-29(33)27-17-13-25(14-18-27)26-15-19-28(20-16-26)30(34)36-24-12-8-4-2-6-10-22-32/h13-20,31-32H,1-12,21-24H2. The summed E-state index contributed by atoms with van der Waals surface area (Å²) in [6, 6.07) is 14.6. The van der Waals surface area contributed by atoms with Crippen LogP contribution in [0.2, 0.25) is 0 Å². The molecule has 0 fully saturated rings. The maximum atomic E-state index is 12.3. The van der Waals surface area contributed by atoms with Crippen LogP contribution in [0.25, 0.3) is 11.1 Å². The van der Waals surface area contributed by atoms with Gasteiger partial charge in [0.25, 0.3) is 0 Å².